The van der Waals surface area contributed by atoms with Crippen LogP contribution in [0.2, 0.25) is 0 Å². The normalized spacial score (nSPS) is 17.0. The minimum Gasteiger partial charge on any atom is -0.493 e. The van der Waals surface area contributed by atoms with Crippen molar-refractivity contribution < 1.29 is 33.3 Å². The Morgan fingerprint density at radius 1 is 1.12 bits per heavy atom. The van der Waals surface area contributed by atoms with E-state index in [2.05, 4.69) is 4.74 Å². The second-order valence-corrected chi connectivity index (χ2v) is 6.02. The Morgan fingerprint density at radius 2 is 1.81 bits per heavy atom. The van der Waals surface area contributed by atoms with Crippen molar-refractivity contribution >= 4 is 17.9 Å². The molecule has 1 aromatic rings. The molecule has 2 heterocycles. The smallest absolute Gasteiger partial charge is 0.417 e. The van der Waals surface area contributed by atoms with E-state index in [-0.39, 0.29) is 30.9 Å². The summed E-state index contributed by atoms with van der Waals surface area (Å²) in [5.74, 6) is 0.589. The highest BCUT2D eigenvalue weighted by Crippen LogP contribution is 2.40. The van der Waals surface area contributed by atoms with Crippen LogP contribution in [0.3, 0.4) is 0 Å². The first-order chi connectivity index (χ1) is 12.5. The molecule has 9 nitrogen and oxygen atoms in total. The van der Waals surface area contributed by atoms with Crippen LogP contribution in [0, 0.1) is 5.92 Å². The van der Waals surface area contributed by atoms with E-state index in [1.54, 1.807) is 17.0 Å². The van der Waals surface area contributed by atoms with Gasteiger partial charge in [-0.2, -0.15) is 0 Å². The molecule has 0 saturated carbocycles. The molecule has 3 amide bonds. The minimum atomic E-state index is -0.624. The average molecular weight is 364 g/mol. The number of likely N-dealkylation sites (tertiary alicyclic amines) is 1. The first-order valence-electron chi connectivity index (χ1n) is 8.05. The zero-order chi connectivity index (χ0) is 18.8. The van der Waals surface area contributed by atoms with Crippen molar-refractivity contribution in [3.8, 4) is 17.2 Å². The number of amides is 3. The number of ether oxygens (including phenoxy) is 4. The molecule has 0 aromatic heterocycles. The molecule has 1 aromatic carbocycles. The van der Waals surface area contributed by atoms with Crippen LogP contribution in [0.5, 0.6) is 17.2 Å². The number of nitrogens with zero attached hydrogens (tertiary/aromatic N) is 2. The summed E-state index contributed by atoms with van der Waals surface area (Å²) in [7, 11) is 4.43. The van der Waals surface area contributed by atoms with Crippen LogP contribution in [0.1, 0.15) is 10.4 Å². The maximum Gasteiger partial charge on any atom is 0.417 e. The van der Waals surface area contributed by atoms with E-state index in [0.29, 0.717) is 35.9 Å². The van der Waals surface area contributed by atoms with Gasteiger partial charge >= 0.3 is 6.09 Å². The molecular weight excluding hydrogens is 344 g/mol. The van der Waals surface area contributed by atoms with E-state index >= 15 is 0 Å². The molecule has 0 bridgehead atoms. The first-order valence-corrected chi connectivity index (χ1v) is 8.05. The van der Waals surface area contributed by atoms with Crippen LogP contribution < -0.4 is 14.2 Å². The molecule has 2 saturated heterocycles. The van der Waals surface area contributed by atoms with Gasteiger partial charge in [0, 0.05) is 25.6 Å². The van der Waals surface area contributed by atoms with Gasteiger partial charge in [0.2, 0.25) is 5.75 Å². The topological polar surface area (TPSA) is 94.6 Å². The molecule has 0 aliphatic carbocycles. The van der Waals surface area contributed by atoms with Gasteiger partial charge in [-0.15, -0.1) is 0 Å². The Morgan fingerprint density at radius 3 is 2.35 bits per heavy atom. The summed E-state index contributed by atoms with van der Waals surface area (Å²) in [6.07, 6.45) is -0.624. The van der Waals surface area contributed by atoms with Crippen LogP contribution >= 0.6 is 0 Å². The Bertz CT molecular complexity index is 727. The van der Waals surface area contributed by atoms with Crippen LogP contribution in [0.15, 0.2) is 12.1 Å². The van der Waals surface area contributed by atoms with E-state index < -0.39 is 6.09 Å². The van der Waals surface area contributed by atoms with Gasteiger partial charge < -0.3 is 23.8 Å². The fourth-order valence-electron chi connectivity index (χ4n) is 3.11. The summed E-state index contributed by atoms with van der Waals surface area (Å²) in [4.78, 5) is 38.5. The quantitative estimate of drug-likeness (QED) is 0.735. The van der Waals surface area contributed by atoms with Gasteiger partial charge in [0.25, 0.3) is 11.8 Å². The lowest BCUT2D eigenvalue weighted by molar-refractivity contribution is -0.126. The molecule has 2 aliphatic heterocycles. The fraction of sp³-hybridized carbons (Fsp3) is 0.471. The van der Waals surface area contributed by atoms with E-state index in [4.69, 9.17) is 14.2 Å². The largest absolute Gasteiger partial charge is 0.493 e. The van der Waals surface area contributed by atoms with Crippen molar-refractivity contribution in [2.45, 2.75) is 0 Å². The lowest BCUT2D eigenvalue weighted by Gasteiger charge is -2.40. The maximum atomic E-state index is 12.8. The van der Waals surface area contributed by atoms with Crippen molar-refractivity contribution in [1.29, 1.82) is 0 Å². The summed E-state index contributed by atoms with van der Waals surface area (Å²) in [5, 5.41) is 0. The summed E-state index contributed by atoms with van der Waals surface area (Å²) in [5.41, 5.74) is 0.361. The Labute approximate surface area is 150 Å². The molecule has 140 valence electrons. The van der Waals surface area contributed by atoms with Crippen LogP contribution in [0.25, 0.3) is 0 Å². The molecule has 3 rings (SSSR count). The number of methoxy groups -OCH3 is 3. The number of cyclic esters (lactones) is 1. The molecule has 9 heteroatoms. The van der Waals surface area contributed by atoms with Crippen molar-refractivity contribution in [2.75, 3.05) is 47.6 Å². The van der Waals surface area contributed by atoms with Crippen molar-refractivity contribution in [1.82, 2.24) is 9.80 Å². The Hall–Kier alpha value is -2.97. The van der Waals surface area contributed by atoms with Crippen molar-refractivity contribution in [3.63, 3.8) is 0 Å². The summed E-state index contributed by atoms with van der Waals surface area (Å²) < 4.78 is 20.5. The molecule has 0 N–H and O–H groups in total. The second-order valence-electron chi connectivity index (χ2n) is 6.02. The predicted octanol–water partition coefficient (Wildman–Crippen LogP) is 0.763. The number of carbonyl (C=O) groups is 3. The van der Waals surface area contributed by atoms with Crippen LogP contribution in [0.4, 0.5) is 4.79 Å². The molecule has 2 fully saturated rings. The Balaban J connectivity index is 1.68. The highest BCUT2D eigenvalue weighted by molar-refractivity contribution is 5.99. The lowest BCUT2D eigenvalue weighted by atomic mass is 9.97. The highest BCUT2D eigenvalue weighted by Gasteiger charge is 2.39. The number of hydrogen-bond donors (Lipinski definition) is 0. The number of benzene rings is 1. The third-order valence-electron chi connectivity index (χ3n) is 4.46. The van der Waals surface area contributed by atoms with Gasteiger partial charge in [0.1, 0.15) is 0 Å². The number of carbonyl (C=O) groups excluding carboxylic acids is 3. The first kappa shape index (κ1) is 17.8. The fourth-order valence-corrected chi connectivity index (χ4v) is 3.11. The van der Waals surface area contributed by atoms with Gasteiger partial charge in [0.05, 0.1) is 26.9 Å². The SMILES string of the molecule is COc1ccc(C(=O)N2CC(CN3C(=O)COC3=O)C2)c(OC)c1OC. The van der Waals surface area contributed by atoms with E-state index in [9.17, 15) is 14.4 Å². The van der Waals surface area contributed by atoms with Crippen LogP contribution in [-0.4, -0.2) is 75.3 Å². The minimum absolute atomic E-state index is 0.0275. The second kappa shape index (κ2) is 7.11. The Kier molecular flexibility index (Phi) is 4.88. The molecule has 0 radical (unpaired) electrons. The third-order valence-corrected chi connectivity index (χ3v) is 4.46. The van der Waals surface area contributed by atoms with Gasteiger partial charge in [-0.3, -0.25) is 9.59 Å². The van der Waals surface area contributed by atoms with E-state index in [0.717, 1.165) is 4.90 Å². The summed E-state index contributed by atoms with van der Waals surface area (Å²) in [6, 6.07) is 3.27. The molecule has 0 atom stereocenters. The summed E-state index contributed by atoms with van der Waals surface area (Å²) in [6.45, 7) is 0.919. The van der Waals surface area contributed by atoms with E-state index in [1.807, 2.05) is 0 Å². The number of imide groups is 1. The zero-order valence-corrected chi connectivity index (χ0v) is 14.8. The molecule has 26 heavy (non-hydrogen) atoms. The van der Waals surface area contributed by atoms with Crippen molar-refractivity contribution in [2.24, 2.45) is 5.92 Å². The average Bonchev–Trinajstić information content (AvgIpc) is 2.93. The van der Waals surface area contributed by atoms with Crippen molar-refractivity contribution in [3.05, 3.63) is 17.7 Å². The monoisotopic (exact) mass is 364 g/mol. The lowest BCUT2D eigenvalue weighted by Crippen LogP contribution is -2.54. The predicted molar refractivity (Wildman–Crippen MR) is 88.6 cm³/mol. The highest BCUT2D eigenvalue weighted by atomic mass is 16.6. The summed E-state index contributed by atoms with van der Waals surface area (Å²) >= 11 is 0. The van der Waals surface area contributed by atoms with E-state index in [1.165, 1.54) is 21.3 Å². The van der Waals surface area contributed by atoms with Gasteiger partial charge in [-0.05, 0) is 12.1 Å². The molecular formula is C17H20N2O7. The van der Waals surface area contributed by atoms with Gasteiger partial charge in [-0.25, -0.2) is 9.69 Å². The maximum absolute atomic E-state index is 12.8. The molecule has 2 aliphatic rings. The standard InChI is InChI=1S/C17H20N2O7/c1-23-12-5-4-11(14(24-2)15(12)25-3)16(21)18-6-10(7-18)8-19-13(20)9-26-17(19)22/h4-5,10H,6-9H2,1-3H3. The zero-order valence-electron chi connectivity index (χ0n) is 14.8. The third kappa shape index (κ3) is 3.00. The number of rotatable bonds is 6. The number of hydrogen-bond acceptors (Lipinski definition) is 7. The molecule has 0 spiro atoms. The van der Waals surface area contributed by atoms with Crippen LogP contribution in [-0.2, 0) is 9.53 Å². The molecule has 0 unspecified atom stereocenters. The van der Waals surface area contributed by atoms with Gasteiger partial charge in [-0.1, -0.05) is 0 Å². The van der Waals surface area contributed by atoms with Gasteiger partial charge in [0.15, 0.2) is 18.1 Å².